The molecule has 2 N–H and O–H groups in total. The van der Waals surface area contributed by atoms with Gasteiger partial charge in [0.1, 0.15) is 11.4 Å². The fourth-order valence-corrected chi connectivity index (χ4v) is 3.96. The summed E-state index contributed by atoms with van der Waals surface area (Å²) in [5.74, 6) is 0. The fourth-order valence-electron chi connectivity index (χ4n) is 3.96. The van der Waals surface area contributed by atoms with Gasteiger partial charge in [0.15, 0.2) is 0 Å². The highest BCUT2D eigenvalue weighted by molar-refractivity contribution is 6.48. The molecule has 0 aromatic heterocycles. The zero-order valence-electron chi connectivity index (χ0n) is 19.8. The van der Waals surface area contributed by atoms with E-state index < -0.39 is 0 Å². The maximum absolute atomic E-state index is 9.53. The average molecular weight is 417 g/mol. The van der Waals surface area contributed by atoms with Crippen LogP contribution in [-0.2, 0) is 5.41 Å². The van der Waals surface area contributed by atoms with Crippen LogP contribution < -0.4 is 0 Å². The normalized spacial score (nSPS) is 13.1. The topological polar surface area (TPSA) is 65.2 Å². The molecule has 0 aliphatic rings. The molecule has 1 rings (SSSR count). The van der Waals surface area contributed by atoms with E-state index in [0.29, 0.717) is 17.8 Å². The molecule has 0 fully saturated rings. The molecule has 30 heavy (non-hydrogen) atoms. The zero-order chi connectivity index (χ0) is 22.2. The Morgan fingerprint density at radius 2 is 1.27 bits per heavy atom. The third-order valence-electron chi connectivity index (χ3n) is 6.11. The van der Waals surface area contributed by atoms with Crippen LogP contribution in [-0.4, -0.2) is 21.8 Å². The van der Waals surface area contributed by atoms with Gasteiger partial charge in [-0.25, -0.2) is 0 Å². The van der Waals surface area contributed by atoms with Gasteiger partial charge in [-0.05, 0) is 30.2 Å². The lowest BCUT2D eigenvalue weighted by atomic mass is 9.79. The standard InChI is InChI=1S/C26H44N2O2/c1-5-7-9-11-12-13-15-21-26(3,4)23-19-17-22(18-20-23)25(28-30)24(27-29)16-14-10-8-6-2/h17-20,29-30H,5-16,21H2,1-4H3/b27-24+,28-25+. The number of nitrogens with zero attached hydrogens (tertiary/aromatic N) is 2. The van der Waals surface area contributed by atoms with Crippen LogP contribution in [0.4, 0.5) is 0 Å². The van der Waals surface area contributed by atoms with E-state index >= 15 is 0 Å². The summed E-state index contributed by atoms with van der Waals surface area (Å²) in [5, 5.41) is 25.8. The van der Waals surface area contributed by atoms with Crippen LogP contribution in [0.25, 0.3) is 0 Å². The third-order valence-corrected chi connectivity index (χ3v) is 6.11. The fraction of sp³-hybridized carbons (Fsp3) is 0.692. The molecule has 0 spiro atoms. The number of rotatable bonds is 16. The molecule has 1 aromatic rings. The molecule has 4 nitrogen and oxygen atoms in total. The van der Waals surface area contributed by atoms with Crippen LogP contribution in [0.2, 0.25) is 0 Å². The number of hydrogen-bond donors (Lipinski definition) is 2. The molecule has 0 unspecified atom stereocenters. The maximum Gasteiger partial charge on any atom is 0.134 e. The number of benzene rings is 1. The molecule has 0 heterocycles. The van der Waals surface area contributed by atoms with Crippen molar-refractivity contribution in [2.75, 3.05) is 0 Å². The van der Waals surface area contributed by atoms with Crippen molar-refractivity contribution < 1.29 is 10.4 Å². The molecular formula is C26H44N2O2. The summed E-state index contributed by atoms with van der Waals surface area (Å²) in [6.07, 6.45) is 15.4. The molecule has 0 atom stereocenters. The minimum absolute atomic E-state index is 0.118. The van der Waals surface area contributed by atoms with Gasteiger partial charge in [-0.3, -0.25) is 0 Å². The van der Waals surface area contributed by atoms with E-state index in [1.807, 2.05) is 12.1 Å². The van der Waals surface area contributed by atoms with Gasteiger partial charge in [0, 0.05) is 5.56 Å². The van der Waals surface area contributed by atoms with Crippen molar-refractivity contribution >= 4 is 11.4 Å². The Labute approximate surface area is 184 Å². The summed E-state index contributed by atoms with van der Waals surface area (Å²) >= 11 is 0. The molecule has 0 bridgehead atoms. The first-order chi connectivity index (χ1) is 14.5. The van der Waals surface area contributed by atoms with Crippen LogP contribution in [0.5, 0.6) is 0 Å². The van der Waals surface area contributed by atoms with Gasteiger partial charge in [0.2, 0.25) is 0 Å². The molecular weight excluding hydrogens is 372 g/mol. The number of hydrogen-bond acceptors (Lipinski definition) is 4. The smallest absolute Gasteiger partial charge is 0.134 e. The first-order valence-corrected chi connectivity index (χ1v) is 12.0. The van der Waals surface area contributed by atoms with Gasteiger partial charge in [-0.15, -0.1) is 0 Å². The molecule has 1 aromatic carbocycles. The van der Waals surface area contributed by atoms with E-state index in [1.54, 1.807) is 0 Å². The van der Waals surface area contributed by atoms with Crippen molar-refractivity contribution in [2.24, 2.45) is 10.3 Å². The van der Waals surface area contributed by atoms with Crippen molar-refractivity contribution in [3.63, 3.8) is 0 Å². The first kappa shape index (κ1) is 26.2. The minimum Gasteiger partial charge on any atom is -0.411 e. The van der Waals surface area contributed by atoms with Gasteiger partial charge in [-0.2, -0.15) is 0 Å². The summed E-state index contributed by atoms with van der Waals surface area (Å²) in [5.41, 5.74) is 3.01. The minimum atomic E-state index is 0.118. The van der Waals surface area contributed by atoms with Crippen LogP contribution >= 0.6 is 0 Å². The number of oxime groups is 2. The Balaban J connectivity index is 2.64. The van der Waals surface area contributed by atoms with E-state index in [4.69, 9.17) is 0 Å². The summed E-state index contributed by atoms with van der Waals surface area (Å²) in [6.45, 7) is 9.02. The third kappa shape index (κ3) is 9.32. The maximum atomic E-state index is 9.53. The van der Waals surface area contributed by atoms with Gasteiger partial charge < -0.3 is 10.4 Å². The SMILES string of the molecule is CCCCCCCCCC(C)(C)c1ccc(C(=N\O)/C(CCCCCC)=N/O)cc1. The summed E-state index contributed by atoms with van der Waals surface area (Å²) in [6, 6.07) is 8.20. The lowest BCUT2D eigenvalue weighted by Gasteiger charge is -2.25. The monoisotopic (exact) mass is 416 g/mol. The molecule has 0 saturated heterocycles. The predicted octanol–water partition coefficient (Wildman–Crippen LogP) is 8.08. The Morgan fingerprint density at radius 3 is 1.80 bits per heavy atom. The Kier molecular flexibility index (Phi) is 13.1. The van der Waals surface area contributed by atoms with Crippen molar-refractivity contribution in [3.8, 4) is 0 Å². The summed E-state index contributed by atoms with van der Waals surface area (Å²) in [4.78, 5) is 0. The van der Waals surface area contributed by atoms with E-state index in [1.165, 1.54) is 56.9 Å². The molecule has 170 valence electrons. The first-order valence-electron chi connectivity index (χ1n) is 12.0. The second-order valence-corrected chi connectivity index (χ2v) is 9.14. The van der Waals surface area contributed by atoms with Crippen LogP contribution in [0.3, 0.4) is 0 Å². The molecule has 0 radical (unpaired) electrons. The van der Waals surface area contributed by atoms with Crippen molar-refractivity contribution in [2.45, 2.75) is 117 Å². The van der Waals surface area contributed by atoms with Crippen LogP contribution in [0, 0.1) is 0 Å². The van der Waals surface area contributed by atoms with E-state index in [-0.39, 0.29) is 5.41 Å². The molecule has 4 heteroatoms. The number of unbranched alkanes of at least 4 members (excludes halogenated alkanes) is 9. The van der Waals surface area contributed by atoms with Gasteiger partial charge in [0.25, 0.3) is 0 Å². The predicted molar refractivity (Wildman–Crippen MR) is 128 cm³/mol. The highest BCUT2D eigenvalue weighted by Crippen LogP contribution is 2.30. The molecule has 0 aliphatic heterocycles. The largest absolute Gasteiger partial charge is 0.411 e. The molecule has 0 amide bonds. The van der Waals surface area contributed by atoms with E-state index in [2.05, 4.69) is 50.1 Å². The lowest BCUT2D eigenvalue weighted by molar-refractivity contribution is 0.313. The van der Waals surface area contributed by atoms with Crippen molar-refractivity contribution in [3.05, 3.63) is 35.4 Å². The van der Waals surface area contributed by atoms with Crippen molar-refractivity contribution in [1.29, 1.82) is 0 Å². The van der Waals surface area contributed by atoms with Crippen LogP contribution in [0.15, 0.2) is 34.6 Å². The second-order valence-electron chi connectivity index (χ2n) is 9.14. The Bertz CT molecular complexity index is 633. The van der Waals surface area contributed by atoms with Crippen LogP contribution in [0.1, 0.15) is 122 Å². The van der Waals surface area contributed by atoms with Crippen molar-refractivity contribution in [1.82, 2.24) is 0 Å². The summed E-state index contributed by atoms with van der Waals surface area (Å²) < 4.78 is 0. The Hall–Kier alpha value is -1.84. The van der Waals surface area contributed by atoms with E-state index in [0.717, 1.165) is 31.2 Å². The molecule has 0 aliphatic carbocycles. The second kappa shape index (κ2) is 15.0. The van der Waals surface area contributed by atoms with Gasteiger partial charge in [-0.1, -0.05) is 126 Å². The quantitative estimate of drug-likeness (QED) is 0.124. The average Bonchev–Trinajstić information content (AvgIpc) is 2.75. The van der Waals surface area contributed by atoms with E-state index in [9.17, 15) is 10.4 Å². The highest BCUT2D eigenvalue weighted by atomic mass is 16.4. The van der Waals surface area contributed by atoms with Gasteiger partial charge in [0.05, 0.1) is 0 Å². The Morgan fingerprint density at radius 1 is 0.733 bits per heavy atom. The van der Waals surface area contributed by atoms with Gasteiger partial charge >= 0.3 is 0 Å². The summed E-state index contributed by atoms with van der Waals surface area (Å²) in [7, 11) is 0. The zero-order valence-corrected chi connectivity index (χ0v) is 19.8. The lowest BCUT2D eigenvalue weighted by Crippen LogP contribution is -2.19. The molecule has 0 saturated carbocycles. The highest BCUT2D eigenvalue weighted by Gasteiger charge is 2.21.